The van der Waals surface area contributed by atoms with Gasteiger partial charge in [0, 0.05) is 6.54 Å². The maximum Gasteiger partial charge on any atom is 0.327 e. The molecule has 0 radical (unpaired) electrons. The number of methoxy groups -OCH3 is 1. The summed E-state index contributed by atoms with van der Waals surface area (Å²) in [7, 11) is 5.14. The van der Waals surface area contributed by atoms with E-state index in [9.17, 15) is 4.79 Å². The first-order valence-corrected chi connectivity index (χ1v) is 4.46. The second-order valence-corrected chi connectivity index (χ2v) is 3.40. The standard InChI is InChI=1S/C9H20N2O2/c1-6-11(4)7-9(2,10-3)8(12)13-5/h10H,6-7H2,1-5H3. The minimum Gasteiger partial charge on any atom is -0.468 e. The molecule has 0 saturated carbocycles. The summed E-state index contributed by atoms with van der Waals surface area (Å²) in [6.45, 7) is 5.44. The van der Waals surface area contributed by atoms with Crippen LogP contribution >= 0.6 is 0 Å². The van der Waals surface area contributed by atoms with Crippen LogP contribution in [0.15, 0.2) is 0 Å². The van der Waals surface area contributed by atoms with Gasteiger partial charge in [0.05, 0.1) is 7.11 Å². The molecule has 4 nitrogen and oxygen atoms in total. The summed E-state index contributed by atoms with van der Waals surface area (Å²) in [5.41, 5.74) is -0.612. The van der Waals surface area contributed by atoms with Crippen molar-refractivity contribution in [1.82, 2.24) is 10.2 Å². The van der Waals surface area contributed by atoms with Crippen LogP contribution in [0.2, 0.25) is 0 Å². The minimum absolute atomic E-state index is 0.227. The Kier molecular flexibility index (Phi) is 4.95. The number of carbonyl (C=O) groups is 1. The number of carbonyl (C=O) groups excluding carboxylic acids is 1. The molecule has 0 fully saturated rings. The van der Waals surface area contributed by atoms with Crippen molar-refractivity contribution in [3.05, 3.63) is 0 Å². The fourth-order valence-corrected chi connectivity index (χ4v) is 1.12. The molecule has 0 aliphatic rings. The molecule has 1 N–H and O–H groups in total. The molecular formula is C9H20N2O2. The van der Waals surface area contributed by atoms with E-state index in [-0.39, 0.29) is 5.97 Å². The van der Waals surface area contributed by atoms with Gasteiger partial charge >= 0.3 is 5.97 Å². The van der Waals surface area contributed by atoms with Gasteiger partial charge in [-0.05, 0) is 27.6 Å². The first kappa shape index (κ1) is 12.4. The summed E-state index contributed by atoms with van der Waals surface area (Å²) < 4.78 is 4.72. The van der Waals surface area contributed by atoms with E-state index in [1.54, 1.807) is 7.05 Å². The first-order chi connectivity index (χ1) is 6.00. The van der Waals surface area contributed by atoms with E-state index >= 15 is 0 Å². The van der Waals surface area contributed by atoms with Gasteiger partial charge in [-0.3, -0.25) is 4.79 Å². The molecule has 1 atom stereocenters. The Morgan fingerprint density at radius 2 is 2.15 bits per heavy atom. The average Bonchev–Trinajstić information content (AvgIpc) is 2.15. The smallest absolute Gasteiger partial charge is 0.327 e. The Balaban J connectivity index is 4.35. The van der Waals surface area contributed by atoms with Crippen molar-refractivity contribution in [2.24, 2.45) is 0 Å². The number of esters is 1. The van der Waals surface area contributed by atoms with Gasteiger partial charge in [0.25, 0.3) is 0 Å². The molecule has 0 bridgehead atoms. The summed E-state index contributed by atoms with van der Waals surface area (Å²) in [6.07, 6.45) is 0. The van der Waals surface area contributed by atoms with Crippen molar-refractivity contribution in [3.8, 4) is 0 Å². The first-order valence-electron chi connectivity index (χ1n) is 4.46. The highest BCUT2D eigenvalue weighted by Gasteiger charge is 2.33. The highest BCUT2D eigenvalue weighted by atomic mass is 16.5. The fraction of sp³-hybridized carbons (Fsp3) is 0.889. The van der Waals surface area contributed by atoms with E-state index in [0.717, 1.165) is 6.54 Å². The quantitative estimate of drug-likeness (QED) is 0.621. The zero-order valence-electron chi connectivity index (χ0n) is 9.18. The normalized spacial score (nSPS) is 15.5. The molecule has 0 aromatic rings. The minimum atomic E-state index is -0.612. The molecule has 13 heavy (non-hydrogen) atoms. The molecule has 0 spiro atoms. The van der Waals surface area contributed by atoms with Crippen LogP contribution < -0.4 is 5.32 Å². The average molecular weight is 188 g/mol. The van der Waals surface area contributed by atoms with Gasteiger partial charge in [0.15, 0.2) is 0 Å². The van der Waals surface area contributed by atoms with Gasteiger partial charge in [-0.25, -0.2) is 0 Å². The van der Waals surface area contributed by atoms with Crippen LogP contribution in [0.25, 0.3) is 0 Å². The third-order valence-corrected chi connectivity index (χ3v) is 2.31. The SMILES string of the molecule is CCN(C)CC(C)(NC)C(=O)OC. The van der Waals surface area contributed by atoms with Crippen molar-refractivity contribution >= 4 is 5.97 Å². The molecule has 4 heteroatoms. The summed E-state index contributed by atoms with van der Waals surface area (Å²) in [6, 6.07) is 0. The number of rotatable bonds is 5. The van der Waals surface area contributed by atoms with E-state index in [1.807, 2.05) is 20.9 Å². The van der Waals surface area contributed by atoms with Crippen molar-refractivity contribution in [2.75, 3.05) is 34.3 Å². The van der Waals surface area contributed by atoms with Crippen molar-refractivity contribution in [2.45, 2.75) is 19.4 Å². The van der Waals surface area contributed by atoms with Gasteiger partial charge in [-0.1, -0.05) is 6.92 Å². The number of ether oxygens (including phenoxy) is 1. The Morgan fingerprint density at radius 3 is 2.46 bits per heavy atom. The van der Waals surface area contributed by atoms with E-state index in [0.29, 0.717) is 6.54 Å². The lowest BCUT2D eigenvalue weighted by molar-refractivity contribution is -0.148. The molecular weight excluding hydrogens is 168 g/mol. The van der Waals surface area contributed by atoms with Gasteiger partial charge in [0.1, 0.15) is 5.54 Å². The van der Waals surface area contributed by atoms with Crippen LogP contribution in [0.1, 0.15) is 13.8 Å². The monoisotopic (exact) mass is 188 g/mol. The van der Waals surface area contributed by atoms with Gasteiger partial charge in [-0.15, -0.1) is 0 Å². The summed E-state index contributed by atoms with van der Waals surface area (Å²) in [5, 5.41) is 2.98. The fourth-order valence-electron chi connectivity index (χ4n) is 1.12. The van der Waals surface area contributed by atoms with Crippen molar-refractivity contribution in [3.63, 3.8) is 0 Å². The Morgan fingerprint density at radius 1 is 1.62 bits per heavy atom. The predicted molar refractivity (Wildman–Crippen MR) is 52.7 cm³/mol. The maximum absolute atomic E-state index is 11.4. The molecule has 0 aliphatic carbocycles. The van der Waals surface area contributed by atoms with Crippen LogP contribution in [0.4, 0.5) is 0 Å². The third-order valence-electron chi connectivity index (χ3n) is 2.31. The summed E-state index contributed by atoms with van der Waals surface area (Å²) >= 11 is 0. The third kappa shape index (κ3) is 3.32. The lowest BCUT2D eigenvalue weighted by Gasteiger charge is -2.30. The lowest BCUT2D eigenvalue weighted by Crippen LogP contribution is -2.55. The highest BCUT2D eigenvalue weighted by Crippen LogP contribution is 2.07. The highest BCUT2D eigenvalue weighted by molar-refractivity contribution is 5.80. The number of nitrogens with one attached hydrogen (secondary N) is 1. The topological polar surface area (TPSA) is 41.6 Å². The number of likely N-dealkylation sites (N-methyl/N-ethyl adjacent to an activating group) is 2. The molecule has 0 saturated heterocycles. The lowest BCUT2D eigenvalue weighted by atomic mass is 10.0. The van der Waals surface area contributed by atoms with Crippen LogP contribution in [-0.4, -0.2) is 50.7 Å². The van der Waals surface area contributed by atoms with Gasteiger partial charge in [-0.2, -0.15) is 0 Å². The Hall–Kier alpha value is -0.610. The summed E-state index contributed by atoms with van der Waals surface area (Å²) in [4.78, 5) is 13.5. The van der Waals surface area contributed by atoms with Crippen molar-refractivity contribution < 1.29 is 9.53 Å². The molecule has 0 aromatic heterocycles. The second kappa shape index (κ2) is 5.19. The van der Waals surface area contributed by atoms with Gasteiger partial charge < -0.3 is 15.0 Å². The van der Waals surface area contributed by atoms with E-state index in [4.69, 9.17) is 4.74 Å². The summed E-state index contributed by atoms with van der Waals surface area (Å²) in [5.74, 6) is -0.227. The largest absolute Gasteiger partial charge is 0.468 e. The maximum atomic E-state index is 11.4. The van der Waals surface area contributed by atoms with Crippen LogP contribution in [0, 0.1) is 0 Å². The Bertz CT molecular complexity index is 173. The molecule has 0 heterocycles. The molecule has 1 unspecified atom stereocenters. The van der Waals surface area contributed by atoms with Crippen molar-refractivity contribution in [1.29, 1.82) is 0 Å². The second-order valence-electron chi connectivity index (χ2n) is 3.40. The number of nitrogens with zero attached hydrogens (tertiary/aromatic N) is 1. The molecule has 0 aliphatic heterocycles. The number of hydrogen-bond donors (Lipinski definition) is 1. The van der Waals surface area contributed by atoms with Crippen LogP contribution in [0.3, 0.4) is 0 Å². The number of hydrogen-bond acceptors (Lipinski definition) is 4. The van der Waals surface area contributed by atoms with E-state index in [1.165, 1.54) is 7.11 Å². The zero-order valence-corrected chi connectivity index (χ0v) is 9.18. The van der Waals surface area contributed by atoms with E-state index < -0.39 is 5.54 Å². The molecule has 78 valence electrons. The molecule has 0 amide bonds. The van der Waals surface area contributed by atoms with E-state index in [2.05, 4.69) is 10.2 Å². The molecule has 0 aromatic carbocycles. The molecule has 0 rings (SSSR count). The van der Waals surface area contributed by atoms with Gasteiger partial charge in [0.2, 0.25) is 0 Å². The van der Waals surface area contributed by atoms with Crippen LogP contribution in [-0.2, 0) is 9.53 Å². The van der Waals surface area contributed by atoms with Crippen LogP contribution in [0.5, 0.6) is 0 Å². The zero-order chi connectivity index (χ0) is 10.5. The predicted octanol–water partition coefficient (Wildman–Crippen LogP) is 0.0892. The Labute approximate surface area is 80.2 Å².